The lowest BCUT2D eigenvalue weighted by molar-refractivity contribution is 0.940. The van der Waals surface area contributed by atoms with E-state index in [1.165, 1.54) is 0 Å². The van der Waals surface area contributed by atoms with Gasteiger partial charge in [0.05, 0.1) is 5.69 Å². The van der Waals surface area contributed by atoms with E-state index in [1.54, 1.807) is 6.20 Å². The number of aryl methyl sites for hydroxylation is 1. The van der Waals surface area contributed by atoms with E-state index in [-0.39, 0.29) is 5.28 Å². The molecule has 0 saturated carbocycles. The SMILES string of the molecule is Cc1cnc(Cl)nc1CN. The predicted octanol–water partition coefficient (Wildman–Crippen LogP) is 0.897. The minimum absolute atomic E-state index is 0.256. The Hall–Kier alpha value is -0.670. The number of nitrogens with two attached hydrogens (primary N) is 1. The molecule has 0 aliphatic heterocycles. The van der Waals surface area contributed by atoms with Crippen molar-refractivity contribution in [2.24, 2.45) is 5.73 Å². The fraction of sp³-hybridized carbons (Fsp3) is 0.333. The van der Waals surface area contributed by atoms with Gasteiger partial charge in [-0.2, -0.15) is 0 Å². The Bertz CT molecular complexity index is 236. The van der Waals surface area contributed by atoms with Gasteiger partial charge >= 0.3 is 0 Å². The summed E-state index contributed by atoms with van der Waals surface area (Å²) in [6.45, 7) is 2.31. The van der Waals surface area contributed by atoms with Crippen LogP contribution in [0, 0.1) is 6.92 Å². The molecule has 54 valence electrons. The van der Waals surface area contributed by atoms with Crippen LogP contribution in [-0.4, -0.2) is 9.97 Å². The van der Waals surface area contributed by atoms with Crippen LogP contribution in [0.5, 0.6) is 0 Å². The molecule has 0 fully saturated rings. The molecule has 0 atom stereocenters. The number of aromatic nitrogens is 2. The van der Waals surface area contributed by atoms with Gasteiger partial charge in [-0.3, -0.25) is 0 Å². The van der Waals surface area contributed by atoms with Crippen molar-refractivity contribution in [2.75, 3.05) is 0 Å². The molecule has 3 nitrogen and oxygen atoms in total. The first-order chi connectivity index (χ1) is 4.74. The highest BCUT2D eigenvalue weighted by Crippen LogP contribution is 2.05. The van der Waals surface area contributed by atoms with Crippen molar-refractivity contribution in [2.45, 2.75) is 13.5 Å². The van der Waals surface area contributed by atoms with Gasteiger partial charge in [-0.25, -0.2) is 9.97 Å². The minimum Gasteiger partial charge on any atom is -0.325 e. The van der Waals surface area contributed by atoms with Gasteiger partial charge in [0.25, 0.3) is 0 Å². The third-order valence-corrected chi connectivity index (χ3v) is 1.42. The average molecular weight is 158 g/mol. The van der Waals surface area contributed by atoms with E-state index in [9.17, 15) is 0 Å². The first kappa shape index (κ1) is 7.44. The maximum Gasteiger partial charge on any atom is 0.222 e. The number of rotatable bonds is 1. The van der Waals surface area contributed by atoms with Gasteiger partial charge in [-0.1, -0.05) is 0 Å². The van der Waals surface area contributed by atoms with Crippen LogP contribution in [0.1, 0.15) is 11.3 Å². The standard InChI is InChI=1S/C6H8ClN3/c1-4-3-9-6(7)10-5(4)2-8/h3H,2,8H2,1H3. The summed E-state index contributed by atoms with van der Waals surface area (Å²) in [4.78, 5) is 7.71. The molecular formula is C6H8ClN3. The lowest BCUT2D eigenvalue weighted by Gasteiger charge is -1.98. The Kier molecular flexibility index (Phi) is 2.19. The van der Waals surface area contributed by atoms with Crippen molar-refractivity contribution in [1.29, 1.82) is 0 Å². The van der Waals surface area contributed by atoms with E-state index in [2.05, 4.69) is 9.97 Å². The fourth-order valence-electron chi connectivity index (χ4n) is 0.660. The highest BCUT2D eigenvalue weighted by atomic mass is 35.5. The zero-order chi connectivity index (χ0) is 7.56. The Morgan fingerprint density at radius 2 is 2.40 bits per heavy atom. The second-order valence-electron chi connectivity index (χ2n) is 1.97. The number of hydrogen-bond donors (Lipinski definition) is 1. The molecular weight excluding hydrogens is 150 g/mol. The summed E-state index contributed by atoms with van der Waals surface area (Å²) in [5.41, 5.74) is 7.15. The molecule has 10 heavy (non-hydrogen) atoms. The Labute approximate surface area is 64.2 Å². The van der Waals surface area contributed by atoms with Crippen LogP contribution in [0.4, 0.5) is 0 Å². The molecule has 0 aliphatic carbocycles. The molecule has 0 amide bonds. The molecule has 4 heteroatoms. The zero-order valence-electron chi connectivity index (χ0n) is 5.63. The van der Waals surface area contributed by atoms with Gasteiger partial charge in [0.15, 0.2) is 0 Å². The van der Waals surface area contributed by atoms with Crippen LogP contribution in [0.2, 0.25) is 5.28 Å². The lowest BCUT2D eigenvalue weighted by atomic mass is 10.2. The first-order valence-electron chi connectivity index (χ1n) is 2.92. The van der Waals surface area contributed by atoms with Gasteiger partial charge < -0.3 is 5.73 Å². The van der Waals surface area contributed by atoms with Crippen molar-refractivity contribution in [3.63, 3.8) is 0 Å². The number of hydrogen-bond acceptors (Lipinski definition) is 3. The molecule has 0 aliphatic rings. The van der Waals surface area contributed by atoms with Crippen LogP contribution >= 0.6 is 11.6 Å². The van der Waals surface area contributed by atoms with Crippen LogP contribution in [0.3, 0.4) is 0 Å². The highest BCUT2D eigenvalue weighted by Gasteiger charge is 1.97. The molecule has 2 N–H and O–H groups in total. The molecule has 1 aromatic rings. The summed E-state index contributed by atoms with van der Waals surface area (Å²) in [6.07, 6.45) is 1.66. The van der Waals surface area contributed by atoms with Gasteiger partial charge in [-0.05, 0) is 24.1 Å². The summed E-state index contributed by atoms with van der Waals surface area (Å²) >= 11 is 5.52. The van der Waals surface area contributed by atoms with Crippen molar-refractivity contribution >= 4 is 11.6 Å². The maximum atomic E-state index is 5.52. The van der Waals surface area contributed by atoms with Gasteiger partial charge in [0, 0.05) is 12.7 Å². The maximum absolute atomic E-state index is 5.52. The van der Waals surface area contributed by atoms with Crippen molar-refractivity contribution in [3.8, 4) is 0 Å². The topological polar surface area (TPSA) is 51.8 Å². The van der Waals surface area contributed by atoms with Gasteiger partial charge in [0.2, 0.25) is 5.28 Å². The normalized spacial score (nSPS) is 9.90. The Morgan fingerprint density at radius 3 is 2.90 bits per heavy atom. The summed E-state index contributed by atoms with van der Waals surface area (Å²) in [6, 6.07) is 0. The van der Waals surface area contributed by atoms with Crippen LogP contribution < -0.4 is 5.73 Å². The summed E-state index contributed by atoms with van der Waals surface area (Å²) < 4.78 is 0. The second kappa shape index (κ2) is 2.94. The molecule has 0 aromatic carbocycles. The summed E-state index contributed by atoms with van der Waals surface area (Å²) in [5.74, 6) is 0. The van der Waals surface area contributed by atoms with E-state index in [0.29, 0.717) is 6.54 Å². The molecule has 0 spiro atoms. The van der Waals surface area contributed by atoms with Gasteiger partial charge in [-0.15, -0.1) is 0 Å². The third-order valence-electron chi connectivity index (χ3n) is 1.24. The van der Waals surface area contributed by atoms with Crippen LogP contribution in [0.25, 0.3) is 0 Å². The summed E-state index contributed by atoms with van der Waals surface area (Å²) in [7, 11) is 0. The predicted molar refractivity (Wildman–Crippen MR) is 39.7 cm³/mol. The van der Waals surface area contributed by atoms with Crippen molar-refractivity contribution < 1.29 is 0 Å². The van der Waals surface area contributed by atoms with E-state index >= 15 is 0 Å². The van der Waals surface area contributed by atoms with Gasteiger partial charge in [0.1, 0.15) is 0 Å². The third kappa shape index (κ3) is 1.43. The largest absolute Gasteiger partial charge is 0.325 e. The molecule has 0 bridgehead atoms. The lowest BCUT2D eigenvalue weighted by Crippen LogP contribution is -2.03. The Morgan fingerprint density at radius 1 is 1.70 bits per heavy atom. The highest BCUT2D eigenvalue weighted by molar-refractivity contribution is 6.28. The second-order valence-corrected chi connectivity index (χ2v) is 2.31. The summed E-state index contributed by atoms with van der Waals surface area (Å²) in [5, 5.41) is 0.256. The smallest absolute Gasteiger partial charge is 0.222 e. The van der Waals surface area contributed by atoms with E-state index in [1.807, 2.05) is 6.92 Å². The first-order valence-corrected chi connectivity index (χ1v) is 3.30. The van der Waals surface area contributed by atoms with Crippen molar-refractivity contribution in [3.05, 3.63) is 22.7 Å². The molecule has 1 heterocycles. The quantitative estimate of drug-likeness (QED) is 0.617. The number of halogens is 1. The molecule has 0 unspecified atom stereocenters. The zero-order valence-corrected chi connectivity index (χ0v) is 6.39. The molecule has 1 aromatic heterocycles. The van der Waals surface area contributed by atoms with E-state index in [4.69, 9.17) is 17.3 Å². The van der Waals surface area contributed by atoms with Crippen LogP contribution in [-0.2, 0) is 6.54 Å². The fourth-order valence-corrected chi connectivity index (χ4v) is 0.810. The number of nitrogens with zero attached hydrogens (tertiary/aromatic N) is 2. The molecule has 1 rings (SSSR count). The minimum atomic E-state index is 0.256. The van der Waals surface area contributed by atoms with Crippen molar-refractivity contribution in [1.82, 2.24) is 9.97 Å². The van der Waals surface area contributed by atoms with E-state index < -0.39 is 0 Å². The monoisotopic (exact) mass is 157 g/mol. The molecule has 0 radical (unpaired) electrons. The average Bonchev–Trinajstić information content (AvgIpc) is 1.94. The Balaban J connectivity index is 3.09. The van der Waals surface area contributed by atoms with E-state index in [0.717, 1.165) is 11.3 Å². The van der Waals surface area contributed by atoms with Crippen LogP contribution in [0.15, 0.2) is 6.20 Å². The molecule has 0 saturated heterocycles.